The summed E-state index contributed by atoms with van der Waals surface area (Å²) in [6.07, 6.45) is 44.2. The van der Waals surface area contributed by atoms with Crippen molar-refractivity contribution in [2.45, 2.75) is 245 Å². The topological polar surface area (TPSA) is 68.2 Å². The second-order valence-corrected chi connectivity index (χ2v) is 15.9. The Morgan fingerprint density at radius 2 is 0.827 bits per heavy atom. The van der Waals surface area contributed by atoms with Crippen molar-refractivity contribution in [2.24, 2.45) is 0 Å². The molecule has 0 aromatic carbocycles. The molecule has 0 heterocycles. The van der Waals surface area contributed by atoms with Gasteiger partial charge in [-0.05, 0) is 19.3 Å². The third-order valence-corrected chi connectivity index (χ3v) is 10.7. The van der Waals surface area contributed by atoms with Gasteiger partial charge in [0.15, 0.2) is 6.29 Å². The molecule has 6 nitrogen and oxygen atoms in total. The van der Waals surface area contributed by atoms with Gasteiger partial charge in [0.2, 0.25) is 0 Å². The average Bonchev–Trinajstić information content (AvgIpc) is 3.15. The van der Waals surface area contributed by atoms with Gasteiger partial charge < -0.3 is 24.2 Å². The van der Waals surface area contributed by atoms with Crippen molar-refractivity contribution in [3.8, 4) is 0 Å². The molecule has 52 heavy (non-hydrogen) atoms. The van der Waals surface area contributed by atoms with Crippen LogP contribution in [0.2, 0.25) is 0 Å². The van der Waals surface area contributed by atoms with Gasteiger partial charge in [-0.25, -0.2) is 0 Å². The largest absolute Gasteiger partial charge is 0.466 e. The first-order valence-corrected chi connectivity index (χ1v) is 23.3. The van der Waals surface area contributed by atoms with Crippen LogP contribution in [0.4, 0.5) is 0 Å². The molecule has 312 valence electrons. The number of aliphatic hydroxyl groups is 1. The quantitative estimate of drug-likeness (QED) is 0.0381. The lowest BCUT2D eigenvalue weighted by Gasteiger charge is -2.23. The summed E-state index contributed by atoms with van der Waals surface area (Å²) < 4.78 is 16.5. The van der Waals surface area contributed by atoms with Gasteiger partial charge in [-0.1, -0.05) is 206 Å². The number of carbonyl (C=O) groups is 1. The zero-order valence-electron chi connectivity index (χ0n) is 35.6. The first-order valence-electron chi connectivity index (χ1n) is 23.3. The molecule has 0 spiro atoms. The van der Waals surface area contributed by atoms with Crippen LogP contribution in [0.15, 0.2) is 0 Å². The molecule has 0 fully saturated rings. The van der Waals surface area contributed by atoms with Crippen LogP contribution in [0.5, 0.6) is 0 Å². The third-order valence-electron chi connectivity index (χ3n) is 10.7. The Labute approximate surface area is 325 Å². The Morgan fingerprint density at radius 1 is 0.462 bits per heavy atom. The molecule has 0 aliphatic carbocycles. The van der Waals surface area contributed by atoms with E-state index in [-0.39, 0.29) is 5.97 Å². The number of hydrogen-bond donors (Lipinski definition) is 1. The molecule has 0 saturated heterocycles. The maximum Gasteiger partial charge on any atom is 0.307 e. The highest BCUT2D eigenvalue weighted by atomic mass is 16.6. The summed E-state index contributed by atoms with van der Waals surface area (Å²) in [7, 11) is 1.72. The van der Waals surface area contributed by atoms with Crippen molar-refractivity contribution in [2.75, 3.05) is 46.6 Å². The summed E-state index contributed by atoms with van der Waals surface area (Å²) in [6.45, 7) is 8.61. The SMILES string of the molecule is CCCCCCCCCCCCCCCCCCOC(=O)CCN(CCCOC)CCC(O)OCCCCCCCCCCCCCCCCCC. The second-order valence-electron chi connectivity index (χ2n) is 15.9. The van der Waals surface area contributed by atoms with E-state index in [9.17, 15) is 9.90 Å². The first kappa shape index (κ1) is 51.3. The Hall–Kier alpha value is -0.690. The maximum atomic E-state index is 12.4. The minimum absolute atomic E-state index is 0.113. The predicted molar refractivity (Wildman–Crippen MR) is 224 cm³/mol. The zero-order chi connectivity index (χ0) is 37.8. The van der Waals surface area contributed by atoms with Gasteiger partial charge >= 0.3 is 5.97 Å². The molecule has 1 atom stereocenters. The highest BCUT2D eigenvalue weighted by Crippen LogP contribution is 2.15. The summed E-state index contributed by atoms with van der Waals surface area (Å²) >= 11 is 0. The van der Waals surface area contributed by atoms with Gasteiger partial charge in [-0.15, -0.1) is 0 Å². The number of ether oxygens (including phenoxy) is 3. The normalized spacial score (nSPS) is 12.2. The fraction of sp³-hybridized carbons (Fsp3) is 0.978. The van der Waals surface area contributed by atoms with E-state index >= 15 is 0 Å². The molecule has 1 unspecified atom stereocenters. The van der Waals surface area contributed by atoms with Crippen molar-refractivity contribution >= 4 is 5.97 Å². The molecule has 0 rings (SSSR count). The van der Waals surface area contributed by atoms with Crippen LogP contribution in [-0.4, -0.2) is 68.8 Å². The number of nitrogens with zero attached hydrogens (tertiary/aromatic N) is 1. The van der Waals surface area contributed by atoms with E-state index in [2.05, 4.69) is 18.7 Å². The molecular weight excluding hydrogens is 647 g/mol. The summed E-state index contributed by atoms with van der Waals surface area (Å²) in [5, 5.41) is 10.4. The highest BCUT2D eigenvalue weighted by molar-refractivity contribution is 5.69. The second kappa shape index (κ2) is 44.7. The lowest BCUT2D eigenvalue weighted by atomic mass is 10.0. The van der Waals surface area contributed by atoms with E-state index < -0.39 is 6.29 Å². The van der Waals surface area contributed by atoms with E-state index in [1.807, 2.05) is 0 Å². The fourth-order valence-electron chi connectivity index (χ4n) is 7.17. The monoisotopic (exact) mass is 740 g/mol. The molecule has 0 aliphatic heterocycles. The van der Waals surface area contributed by atoms with Gasteiger partial charge in [0.05, 0.1) is 13.0 Å². The lowest BCUT2D eigenvalue weighted by Crippen LogP contribution is -2.32. The van der Waals surface area contributed by atoms with E-state index in [1.54, 1.807) is 7.11 Å². The number of methoxy groups -OCH3 is 1. The van der Waals surface area contributed by atoms with E-state index in [1.165, 1.54) is 186 Å². The zero-order valence-corrected chi connectivity index (χ0v) is 35.6. The standard InChI is InChI=1S/C46H93NO5/c1-4-6-8-10-12-14-16-18-20-22-24-26-28-30-32-34-43-51-45(48)37-40-47(39-36-42-50-3)41-38-46(49)52-44-35-33-31-29-27-25-23-21-19-17-15-13-11-9-7-5-2/h45,48H,4-44H2,1-3H3. The molecule has 0 aliphatic rings. The van der Waals surface area contributed by atoms with Crippen LogP contribution < -0.4 is 0 Å². The summed E-state index contributed by atoms with van der Waals surface area (Å²) in [5.41, 5.74) is 0. The van der Waals surface area contributed by atoms with Crippen molar-refractivity contribution in [1.82, 2.24) is 4.90 Å². The van der Waals surface area contributed by atoms with Gasteiger partial charge in [0.1, 0.15) is 0 Å². The maximum absolute atomic E-state index is 12.4. The van der Waals surface area contributed by atoms with Crippen LogP contribution in [0.25, 0.3) is 0 Å². The molecule has 6 heteroatoms. The van der Waals surface area contributed by atoms with Crippen molar-refractivity contribution in [3.05, 3.63) is 0 Å². The van der Waals surface area contributed by atoms with Crippen molar-refractivity contribution in [1.29, 1.82) is 0 Å². The highest BCUT2D eigenvalue weighted by Gasteiger charge is 2.12. The summed E-state index contributed by atoms with van der Waals surface area (Å²) in [5.74, 6) is -0.113. The average molecular weight is 740 g/mol. The van der Waals surface area contributed by atoms with Crippen LogP contribution in [0.3, 0.4) is 0 Å². The van der Waals surface area contributed by atoms with Gasteiger partial charge in [-0.3, -0.25) is 4.79 Å². The Morgan fingerprint density at radius 3 is 1.21 bits per heavy atom. The van der Waals surface area contributed by atoms with Crippen LogP contribution in [-0.2, 0) is 19.0 Å². The number of aliphatic hydroxyl groups excluding tert-OH is 1. The first-order chi connectivity index (χ1) is 25.6. The fourth-order valence-corrected chi connectivity index (χ4v) is 7.17. The van der Waals surface area contributed by atoms with Gasteiger partial charge in [-0.2, -0.15) is 0 Å². The number of carbonyl (C=O) groups excluding carboxylic acids is 1. The van der Waals surface area contributed by atoms with E-state index in [4.69, 9.17) is 14.2 Å². The van der Waals surface area contributed by atoms with E-state index in [0.29, 0.717) is 45.8 Å². The molecule has 0 bridgehead atoms. The summed E-state index contributed by atoms with van der Waals surface area (Å²) in [6, 6.07) is 0. The minimum atomic E-state index is -0.747. The van der Waals surface area contributed by atoms with Crippen LogP contribution in [0, 0.1) is 0 Å². The Balaban J connectivity index is 3.70. The number of esters is 1. The molecule has 0 aromatic heterocycles. The number of rotatable bonds is 45. The molecule has 0 aromatic rings. The molecule has 0 amide bonds. The van der Waals surface area contributed by atoms with Crippen molar-refractivity contribution in [3.63, 3.8) is 0 Å². The molecule has 0 saturated carbocycles. The van der Waals surface area contributed by atoms with E-state index in [0.717, 1.165) is 32.2 Å². The minimum Gasteiger partial charge on any atom is -0.466 e. The Kier molecular flexibility index (Phi) is 44.1. The third kappa shape index (κ3) is 42.1. The smallest absolute Gasteiger partial charge is 0.307 e. The number of unbranched alkanes of at least 4 members (excludes halogenated alkanes) is 30. The van der Waals surface area contributed by atoms with Gasteiger partial charge in [0.25, 0.3) is 0 Å². The summed E-state index contributed by atoms with van der Waals surface area (Å²) in [4.78, 5) is 14.6. The Bertz CT molecular complexity index is 677. The lowest BCUT2D eigenvalue weighted by molar-refractivity contribution is -0.144. The van der Waals surface area contributed by atoms with Crippen LogP contribution >= 0.6 is 0 Å². The van der Waals surface area contributed by atoms with Crippen molar-refractivity contribution < 1.29 is 24.1 Å². The molecule has 0 radical (unpaired) electrons. The van der Waals surface area contributed by atoms with Gasteiger partial charge in [0, 0.05) is 46.4 Å². The molecule has 1 N–H and O–H groups in total. The number of hydrogen-bond acceptors (Lipinski definition) is 6. The predicted octanol–water partition coefficient (Wildman–Crippen LogP) is 13.5. The van der Waals surface area contributed by atoms with Crippen LogP contribution in [0.1, 0.15) is 239 Å². The molecular formula is C46H93NO5.